The molecule has 1 N–H and O–H groups in total. The maximum Gasteiger partial charge on any atom is 0.328 e. The lowest BCUT2D eigenvalue weighted by atomic mass is 10.1. The molecule has 0 saturated heterocycles. The van der Waals surface area contributed by atoms with Crippen molar-refractivity contribution >= 4 is 23.6 Å². The van der Waals surface area contributed by atoms with Crippen molar-refractivity contribution in [2.45, 2.75) is 26.3 Å². The van der Waals surface area contributed by atoms with Gasteiger partial charge in [0, 0.05) is 0 Å². The molecule has 1 atom stereocenters. The fraction of sp³-hybridized carbons (Fsp3) is 0.500. The summed E-state index contributed by atoms with van der Waals surface area (Å²) < 4.78 is 10.3. The summed E-state index contributed by atoms with van der Waals surface area (Å²) in [6, 6.07) is 5.16. The molecule has 1 amide bonds. The smallest absolute Gasteiger partial charge is 0.328 e. The fourth-order valence-corrected chi connectivity index (χ4v) is 2.50. The Morgan fingerprint density at radius 2 is 1.91 bits per heavy atom. The van der Waals surface area contributed by atoms with Crippen LogP contribution in [0.15, 0.2) is 18.2 Å². The van der Waals surface area contributed by atoms with Gasteiger partial charge in [0.2, 0.25) is 0 Å². The number of hydrogen-bond acceptors (Lipinski definition) is 5. The van der Waals surface area contributed by atoms with Gasteiger partial charge in [-0.05, 0) is 43.4 Å². The molecule has 0 radical (unpaired) electrons. The van der Waals surface area contributed by atoms with Crippen molar-refractivity contribution < 1.29 is 19.1 Å². The van der Waals surface area contributed by atoms with Crippen molar-refractivity contribution in [3.05, 3.63) is 29.3 Å². The van der Waals surface area contributed by atoms with Crippen LogP contribution >= 0.6 is 11.8 Å². The Morgan fingerprint density at radius 3 is 2.45 bits per heavy atom. The Bertz CT molecular complexity index is 499. The number of carbonyl (C=O) groups is 2. The summed E-state index contributed by atoms with van der Waals surface area (Å²) >= 11 is 1.61. The summed E-state index contributed by atoms with van der Waals surface area (Å²) in [7, 11) is 1.31. The van der Waals surface area contributed by atoms with Gasteiger partial charge in [-0.15, -0.1) is 0 Å². The summed E-state index contributed by atoms with van der Waals surface area (Å²) in [6.07, 6.45) is 2.48. The summed E-state index contributed by atoms with van der Waals surface area (Å²) in [5, 5.41) is 2.66. The Hall–Kier alpha value is -1.69. The van der Waals surface area contributed by atoms with E-state index in [0.29, 0.717) is 12.2 Å². The number of esters is 1. The molecule has 0 spiro atoms. The zero-order valence-electron chi connectivity index (χ0n) is 13.5. The van der Waals surface area contributed by atoms with Crippen molar-refractivity contribution in [2.75, 3.05) is 25.7 Å². The van der Waals surface area contributed by atoms with Gasteiger partial charge in [0.15, 0.2) is 6.61 Å². The van der Waals surface area contributed by atoms with Crippen LogP contribution < -0.4 is 10.1 Å². The fourth-order valence-electron chi connectivity index (χ4n) is 2.03. The first kappa shape index (κ1) is 18.4. The van der Waals surface area contributed by atoms with Gasteiger partial charge >= 0.3 is 5.97 Å². The van der Waals surface area contributed by atoms with E-state index in [4.69, 9.17) is 9.47 Å². The number of methoxy groups -OCH3 is 1. The van der Waals surface area contributed by atoms with Crippen molar-refractivity contribution in [1.29, 1.82) is 0 Å². The minimum Gasteiger partial charge on any atom is -0.483 e. The Labute approximate surface area is 135 Å². The highest BCUT2D eigenvalue weighted by Crippen LogP contribution is 2.22. The number of nitrogens with one attached hydrogen (secondary N) is 1. The molecule has 122 valence electrons. The SMILES string of the molecule is COC(=O)[C@@H](CCSC)NC(=O)COc1c(C)cccc1C. The monoisotopic (exact) mass is 325 g/mol. The van der Waals surface area contributed by atoms with E-state index >= 15 is 0 Å². The van der Waals surface area contributed by atoms with Crippen LogP contribution in [0.3, 0.4) is 0 Å². The Kier molecular flexibility index (Phi) is 7.80. The van der Waals surface area contributed by atoms with Crippen LogP contribution in [-0.2, 0) is 14.3 Å². The van der Waals surface area contributed by atoms with Crippen LogP contribution in [0.2, 0.25) is 0 Å². The van der Waals surface area contributed by atoms with E-state index in [-0.39, 0.29) is 12.5 Å². The minimum atomic E-state index is -0.633. The molecule has 0 aliphatic rings. The third-order valence-corrected chi connectivity index (χ3v) is 3.83. The molecule has 6 heteroatoms. The summed E-state index contributed by atoms with van der Waals surface area (Å²) in [5.41, 5.74) is 1.94. The standard InChI is InChI=1S/C16H23NO4S/c1-11-6-5-7-12(2)15(11)21-10-14(18)17-13(8-9-22-4)16(19)20-3/h5-7,13H,8-10H2,1-4H3,(H,17,18)/t13-/m1/s1. The highest BCUT2D eigenvalue weighted by molar-refractivity contribution is 7.98. The highest BCUT2D eigenvalue weighted by Gasteiger charge is 2.21. The van der Waals surface area contributed by atoms with Crippen LogP contribution in [-0.4, -0.2) is 43.6 Å². The molecular formula is C16H23NO4S. The first-order chi connectivity index (χ1) is 10.5. The molecule has 0 fully saturated rings. The molecule has 0 bridgehead atoms. The highest BCUT2D eigenvalue weighted by atomic mass is 32.2. The molecule has 0 aliphatic carbocycles. The van der Waals surface area contributed by atoms with Crippen molar-refractivity contribution in [3.63, 3.8) is 0 Å². The van der Waals surface area contributed by atoms with Gasteiger partial charge in [-0.3, -0.25) is 4.79 Å². The lowest BCUT2D eigenvalue weighted by Gasteiger charge is -2.17. The number of hydrogen-bond donors (Lipinski definition) is 1. The second kappa shape index (κ2) is 9.35. The van der Waals surface area contributed by atoms with Gasteiger partial charge in [-0.2, -0.15) is 11.8 Å². The number of benzene rings is 1. The van der Waals surface area contributed by atoms with Crippen LogP contribution in [0.1, 0.15) is 17.5 Å². The van der Waals surface area contributed by atoms with Gasteiger partial charge in [0.05, 0.1) is 7.11 Å². The molecule has 22 heavy (non-hydrogen) atoms. The summed E-state index contributed by atoms with van der Waals surface area (Å²) in [4.78, 5) is 23.6. The quantitative estimate of drug-likeness (QED) is 0.742. The second-order valence-corrected chi connectivity index (χ2v) is 5.92. The molecule has 0 aliphatic heterocycles. The van der Waals surface area contributed by atoms with Gasteiger partial charge in [-0.25, -0.2) is 4.79 Å². The van der Waals surface area contributed by atoms with E-state index in [2.05, 4.69) is 5.32 Å². The molecule has 0 aromatic heterocycles. The van der Waals surface area contributed by atoms with Gasteiger partial charge in [0.1, 0.15) is 11.8 Å². The van der Waals surface area contributed by atoms with Crippen LogP contribution in [0.25, 0.3) is 0 Å². The van der Waals surface area contributed by atoms with Crippen LogP contribution in [0, 0.1) is 13.8 Å². The van der Waals surface area contributed by atoms with Crippen molar-refractivity contribution in [1.82, 2.24) is 5.32 Å². The third-order valence-electron chi connectivity index (χ3n) is 3.19. The molecule has 1 rings (SSSR count). The van der Waals surface area contributed by atoms with Gasteiger partial charge < -0.3 is 14.8 Å². The van der Waals surface area contributed by atoms with Gasteiger partial charge in [0.25, 0.3) is 5.91 Å². The van der Waals surface area contributed by atoms with Crippen LogP contribution in [0.5, 0.6) is 5.75 Å². The molecule has 1 aromatic carbocycles. The average molecular weight is 325 g/mol. The van der Waals surface area contributed by atoms with E-state index < -0.39 is 12.0 Å². The molecule has 0 saturated carbocycles. The van der Waals surface area contributed by atoms with Crippen molar-refractivity contribution in [3.8, 4) is 5.75 Å². The number of carbonyl (C=O) groups excluding carboxylic acids is 2. The third kappa shape index (κ3) is 5.60. The lowest BCUT2D eigenvalue weighted by Crippen LogP contribution is -2.44. The number of para-hydroxylation sites is 1. The minimum absolute atomic E-state index is 0.127. The molecular weight excluding hydrogens is 302 g/mol. The summed E-state index contributed by atoms with van der Waals surface area (Å²) in [5.74, 6) is 0.697. The number of amides is 1. The lowest BCUT2D eigenvalue weighted by molar-refractivity contribution is -0.145. The first-order valence-electron chi connectivity index (χ1n) is 7.04. The summed E-state index contributed by atoms with van der Waals surface area (Å²) in [6.45, 7) is 3.73. The zero-order valence-corrected chi connectivity index (χ0v) is 14.3. The largest absolute Gasteiger partial charge is 0.483 e. The number of ether oxygens (including phenoxy) is 2. The average Bonchev–Trinajstić information content (AvgIpc) is 2.50. The van der Waals surface area contributed by atoms with E-state index in [1.165, 1.54) is 7.11 Å². The zero-order chi connectivity index (χ0) is 16.5. The number of aryl methyl sites for hydroxylation is 2. The first-order valence-corrected chi connectivity index (χ1v) is 8.44. The van der Waals surface area contributed by atoms with E-state index in [9.17, 15) is 9.59 Å². The molecule has 0 heterocycles. The Balaban J connectivity index is 2.58. The maximum atomic E-state index is 12.0. The topological polar surface area (TPSA) is 64.6 Å². The second-order valence-electron chi connectivity index (χ2n) is 4.93. The van der Waals surface area contributed by atoms with E-state index in [1.807, 2.05) is 38.3 Å². The molecule has 0 unspecified atom stereocenters. The maximum absolute atomic E-state index is 12.0. The normalized spacial score (nSPS) is 11.6. The van der Waals surface area contributed by atoms with E-state index in [0.717, 1.165) is 16.9 Å². The number of rotatable bonds is 8. The molecule has 5 nitrogen and oxygen atoms in total. The van der Waals surface area contributed by atoms with E-state index in [1.54, 1.807) is 11.8 Å². The predicted octanol–water partition coefficient (Wildman–Crippen LogP) is 2.09. The molecule has 1 aromatic rings. The number of thioether (sulfide) groups is 1. The van der Waals surface area contributed by atoms with Gasteiger partial charge in [-0.1, -0.05) is 18.2 Å². The van der Waals surface area contributed by atoms with Crippen LogP contribution in [0.4, 0.5) is 0 Å². The Morgan fingerprint density at radius 1 is 1.27 bits per heavy atom. The van der Waals surface area contributed by atoms with Crippen molar-refractivity contribution in [2.24, 2.45) is 0 Å². The predicted molar refractivity (Wildman–Crippen MR) is 88.4 cm³/mol.